The fourth-order valence-electron chi connectivity index (χ4n) is 2.58. The van der Waals surface area contributed by atoms with Crippen LogP contribution in [0.3, 0.4) is 0 Å². The van der Waals surface area contributed by atoms with Crippen molar-refractivity contribution in [2.24, 2.45) is 0 Å². The molecule has 134 valence electrons. The molecule has 0 fully saturated rings. The Labute approximate surface area is 145 Å². The molecule has 0 heterocycles. The number of halogens is 3. The maximum absolute atomic E-state index is 13.7. The fourth-order valence-corrected chi connectivity index (χ4v) is 2.58. The number of alkyl halides is 3. The third-order valence-electron chi connectivity index (χ3n) is 4.52. The average Bonchev–Trinajstić information content (AvgIpc) is 2.56. The van der Waals surface area contributed by atoms with Gasteiger partial charge in [0.1, 0.15) is 0 Å². The minimum Gasteiger partial charge on any atom is -0.320 e. The summed E-state index contributed by atoms with van der Waals surface area (Å²) in [5.41, 5.74) is -0.148. The average molecular weight is 350 g/mol. The van der Waals surface area contributed by atoms with E-state index < -0.39 is 17.7 Å². The number of urea groups is 1. The van der Waals surface area contributed by atoms with Crippen molar-refractivity contribution in [1.82, 2.24) is 5.32 Å². The van der Waals surface area contributed by atoms with Crippen molar-refractivity contribution in [3.8, 4) is 0 Å². The van der Waals surface area contributed by atoms with Crippen LogP contribution >= 0.6 is 0 Å². The van der Waals surface area contributed by atoms with Crippen molar-refractivity contribution in [1.29, 1.82) is 0 Å². The number of benzene rings is 2. The number of rotatable bonds is 3. The molecule has 6 heteroatoms. The fraction of sp³-hybridized carbons (Fsp3) is 0.316. The molecule has 1 unspecified atom stereocenters. The molecular weight excluding hydrogens is 329 g/mol. The molecule has 3 nitrogen and oxygen atoms in total. The Morgan fingerprint density at radius 1 is 1.00 bits per heavy atom. The molecule has 1 N–H and O–H groups in total. The second-order valence-electron chi connectivity index (χ2n) is 6.20. The van der Waals surface area contributed by atoms with Crippen LogP contribution in [0.1, 0.15) is 23.6 Å². The number of nitrogens with zero attached hydrogens (tertiary/aromatic N) is 1. The van der Waals surface area contributed by atoms with E-state index in [4.69, 9.17) is 0 Å². The van der Waals surface area contributed by atoms with Gasteiger partial charge in [0.2, 0.25) is 0 Å². The van der Waals surface area contributed by atoms with E-state index in [9.17, 15) is 18.0 Å². The first-order chi connectivity index (χ1) is 11.6. The van der Waals surface area contributed by atoms with Crippen LogP contribution < -0.4 is 10.2 Å². The number of carbonyl (C=O) groups excluding carboxylic acids is 1. The van der Waals surface area contributed by atoms with Crippen LogP contribution in [0, 0.1) is 13.8 Å². The van der Waals surface area contributed by atoms with Gasteiger partial charge in [-0.15, -0.1) is 0 Å². The number of hydrogen-bond acceptors (Lipinski definition) is 1. The number of amides is 2. The zero-order valence-electron chi connectivity index (χ0n) is 14.6. The molecule has 0 saturated heterocycles. The summed E-state index contributed by atoms with van der Waals surface area (Å²) < 4.78 is 41.2. The first-order valence-corrected chi connectivity index (χ1v) is 7.82. The third kappa shape index (κ3) is 3.62. The monoisotopic (exact) mass is 350 g/mol. The first kappa shape index (κ1) is 18.8. The van der Waals surface area contributed by atoms with E-state index in [1.54, 1.807) is 18.2 Å². The molecule has 0 spiro atoms. The molecule has 0 bridgehead atoms. The van der Waals surface area contributed by atoms with Crippen molar-refractivity contribution >= 4 is 11.7 Å². The van der Waals surface area contributed by atoms with Gasteiger partial charge in [-0.1, -0.05) is 42.5 Å². The Balaban J connectivity index is 2.36. The van der Waals surface area contributed by atoms with Crippen molar-refractivity contribution < 1.29 is 18.0 Å². The van der Waals surface area contributed by atoms with Gasteiger partial charge in [-0.2, -0.15) is 13.2 Å². The second kappa shape index (κ2) is 6.78. The third-order valence-corrected chi connectivity index (χ3v) is 4.52. The number of hydrogen-bond donors (Lipinski definition) is 1. The highest BCUT2D eigenvalue weighted by Crippen LogP contribution is 2.39. The van der Waals surface area contributed by atoms with Gasteiger partial charge < -0.3 is 5.32 Å². The van der Waals surface area contributed by atoms with Gasteiger partial charge in [-0.25, -0.2) is 4.79 Å². The van der Waals surface area contributed by atoms with Crippen molar-refractivity contribution in [3.63, 3.8) is 0 Å². The van der Waals surface area contributed by atoms with E-state index in [0.717, 1.165) is 18.1 Å². The maximum atomic E-state index is 13.7. The second-order valence-corrected chi connectivity index (χ2v) is 6.20. The molecule has 0 aliphatic heterocycles. The minimum absolute atomic E-state index is 0.0229. The summed E-state index contributed by atoms with van der Waals surface area (Å²) in [7, 11) is 1.46. The Hall–Kier alpha value is -2.50. The van der Waals surface area contributed by atoms with E-state index in [1.807, 2.05) is 19.9 Å². The van der Waals surface area contributed by atoms with Crippen molar-refractivity contribution in [2.45, 2.75) is 32.5 Å². The topological polar surface area (TPSA) is 32.3 Å². The SMILES string of the molecule is Cc1cccc(N(C)C(=O)NC(C)(c2ccccc2)C(F)(F)F)c1C. The highest BCUT2D eigenvalue weighted by atomic mass is 19.4. The zero-order valence-corrected chi connectivity index (χ0v) is 14.6. The van der Waals surface area contributed by atoms with E-state index in [0.29, 0.717) is 5.69 Å². The van der Waals surface area contributed by atoms with Gasteiger partial charge in [-0.3, -0.25) is 4.90 Å². The quantitative estimate of drug-likeness (QED) is 0.837. The molecule has 2 rings (SSSR count). The van der Waals surface area contributed by atoms with Crippen LogP contribution in [0.15, 0.2) is 48.5 Å². The highest BCUT2D eigenvalue weighted by molar-refractivity contribution is 5.93. The van der Waals surface area contributed by atoms with Gasteiger partial charge in [0.15, 0.2) is 5.54 Å². The molecule has 2 amide bonds. The molecule has 0 aliphatic rings. The van der Waals surface area contributed by atoms with Gasteiger partial charge in [-0.05, 0) is 43.5 Å². The number of nitrogens with one attached hydrogen (secondary N) is 1. The van der Waals surface area contributed by atoms with Crippen molar-refractivity contribution in [2.75, 3.05) is 11.9 Å². The smallest absolute Gasteiger partial charge is 0.320 e. The lowest BCUT2D eigenvalue weighted by molar-refractivity contribution is -0.191. The maximum Gasteiger partial charge on any atom is 0.415 e. The van der Waals surface area contributed by atoms with Crippen LogP contribution in [-0.4, -0.2) is 19.3 Å². The molecule has 0 aliphatic carbocycles. The van der Waals surface area contributed by atoms with Gasteiger partial charge in [0, 0.05) is 12.7 Å². The predicted octanol–water partition coefficient (Wildman–Crippen LogP) is 4.93. The zero-order chi connectivity index (χ0) is 18.8. The Bertz CT molecular complexity index is 759. The lowest BCUT2D eigenvalue weighted by Crippen LogP contribution is -2.56. The summed E-state index contributed by atoms with van der Waals surface area (Å²) >= 11 is 0. The molecule has 0 aromatic heterocycles. The standard InChI is InChI=1S/C19H21F3N2O/c1-13-9-8-12-16(14(13)2)24(4)17(25)23-18(3,19(20,21)22)15-10-6-5-7-11-15/h5-12H,1-4H3,(H,23,25). The minimum atomic E-state index is -4.65. The Kier molecular flexibility index (Phi) is 5.11. The van der Waals surface area contributed by atoms with Crippen LogP contribution in [-0.2, 0) is 5.54 Å². The van der Waals surface area contributed by atoms with Crippen LogP contribution in [0.2, 0.25) is 0 Å². The molecule has 1 atom stereocenters. The summed E-state index contributed by atoms with van der Waals surface area (Å²) in [5.74, 6) is 0. The normalized spacial score (nSPS) is 13.9. The number of anilines is 1. The Morgan fingerprint density at radius 3 is 2.16 bits per heavy atom. The number of carbonyl (C=O) groups is 1. The van der Waals surface area contributed by atoms with E-state index in [2.05, 4.69) is 5.32 Å². The summed E-state index contributed by atoms with van der Waals surface area (Å²) in [6.45, 7) is 4.68. The van der Waals surface area contributed by atoms with Gasteiger partial charge in [0.05, 0.1) is 0 Å². The first-order valence-electron chi connectivity index (χ1n) is 7.82. The summed E-state index contributed by atoms with van der Waals surface area (Å²) in [6.07, 6.45) is -4.65. The molecular formula is C19H21F3N2O. The largest absolute Gasteiger partial charge is 0.415 e. The van der Waals surface area contributed by atoms with Crippen LogP contribution in [0.4, 0.5) is 23.7 Å². The summed E-state index contributed by atoms with van der Waals surface area (Å²) in [6, 6.07) is 11.9. The van der Waals surface area contributed by atoms with E-state index in [-0.39, 0.29) is 5.56 Å². The predicted molar refractivity (Wildman–Crippen MR) is 92.7 cm³/mol. The summed E-state index contributed by atoms with van der Waals surface area (Å²) in [4.78, 5) is 13.8. The lowest BCUT2D eigenvalue weighted by atomic mass is 9.91. The molecule has 2 aromatic carbocycles. The molecule has 0 radical (unpaired) electrons. The Morgan fingerprint density at radius 2 is 1.60 bits per heavy atom. The van der Waals surface area contributed by atoms with Crippen LogP contribution in [0.25, 0.3) is 0 Å². The highest BCUT2D eigenvalue weighted by Gasteiger charge is 2.53. The van der Waals surface area contributed by atoms with E-state index in [1.165, 1.54) is 36.2 Å². The van der Waals surface area contributed by atoms with Crippen molar-refractivity contribution in [3.05, 3.63) is 65.2 Å². The van der Waals surface area contributed by atoms with Gasteiger partial charge in [0.25, 0.3) is 0 Å². The molecule has 0 saturated carbocycles. The summed E-state index contributed by atoms with van der Waals surface area (Å²) in [5, 5.41) is 2.16. The molecule has 25 heavy (non-hydrogen) atoms. The van der Waals surface area contributed by atoms with Crippen LogP contribution in [0.5, 0.6) is 0 Å². The molecule has 2 aromatic rings. The van der Waals surface area contributed by atoms with Gasteiger partial charge >= 0.3 is 12.2 Å². The lowest BCUT2D eigenvalue weighted by Gasteiger charge is -2.35. The van der Waals surface area contributed by atoms with E-state index >= 15 is 0 Å². The number of aryl methyl sites for hydroxylation is 1.